The molecule has 122 valence electrons. The fourth-order valence-electron chi connectivity index (χ4n) is 2.83. The molecule has 0 aliphatic carbocycles. The van der Waals surface area contributed by atoms with E-state index in [-0.39, 0.29) is 18.6 Å². The van der Waals surface area contributed by atoms with Crippen molar-refractivity contribution in [1.82, 2.24) is 10.2 Å². The molecular weight excluding hydrogens is 276 g/mol. The Morgan fingerprint density at radius 1 is 1.27 bits per heavy atom. The lowest BCUT2D eigenvalue weighted by Crippen LogP contribution is -2.46. The summed E-state index contributed by atoms with van der Waals surface area (Å²) in [4.78, 5) is 14.4. The molecule has 4 heteroatoms. The van der Waals surface area contributed by atoms with Gasteiger partial charge in [0.2, 0.25) is 0 Å². The second-order valence-electron chi connectivity index (χ2n) is 6.64. The van der Waals surface area contributed by atoms with E-state index in [2.05, 4.69) is 24.1 Å². The zero-order valence-electron chi connectivity index (χ0n) is 14.0. The van der Waals surface area contributed by atoms with Crippen molar-refractivity contribution in [3.63, 3.8) is 0 Å². The summed E-state index contributed by atoms with van der Waals surface area (Å²) in [6.45, 7) is 9.91. The van der Waals surface area contributed by atoms with Crippen molar-refractivity contribution in [2.75, 3.05) is 26.2 Å². The number of nitrogens with one attached hydrogen (secondary N) is 1. The molecule has 1 aromatic carbocycles. The fraction of sp³-hybridized carbons (Fsp3) is 0.611. The van der Waals surface area contributed by atoms with E-state index >= 15 is 0 Å². The Hall–Kier alpha value is -1.55. The van der Waals surface area contributed by atoms with Crippen molar-refractivity contribution >= 4 is 5.91 Å². The molecule has 4 nitrogen and oxygen atoms in total. The third-order valence-electron chi connectivity index (χ3n) is 3.97. The molecule has 1 aliphatic rings. The molecule has 0 bridgehead atoms. The van der Waals surface area contributed by atoms with E-state index in [0.29, 0.717) is 5.92 Å². The Balaban J connectivity index is 1.66. The van der Waals surface area contributed by atoms with Crippen molar-refractivity contribution in [1.29, 1.82) is 0 Å². The molecule has 0 unspecified atom stereocenters. The highest BCUT2D eigenvalue weighted by Crippen LogP contribution is 2.13. The van der Waals surface area contributed by atoms with Gasteiger partial charge in [0.15, 0.2) is 6.61 Å². The van der Waals surface area contributed by atoms with E-state index in [1.165, 1.54) is 5.56 Å². The molecule has 0 atom stereocenters. The zero-order valence-corrected chi connectivity index (χ0v) is 14.0. The second kappa shape index (κ2) is 8.18. The van der Waals surface area contributed by atoms with E-state index < -0.39 is 0 Å². The molecule has 0 spiro atoms. The maximum atomic E-state index is 12.0. The van der Waals surface area contributed by atoms with Crippen molar-refractivity contribution in [3.05, 3.63) is 29.8 Å². The topological polar surface area (TPSA) is 41.6 Å². The SMILES string of the molecule is Cc1ccc(OCC(=O)NC2CCN(CC(C)C)CC2)cc1. The van der Waals surface area contributed by atoms with Gasteiger partial charge in [0.05, 0.1) is 0 Å². The van der Waals surface area contributed by atoms with Gasteiger partial charge >= 0.3 is 0 Å². The quantitative estimate of drug-likeness (QED) is 0.878. The molecule has 1 saturated heterocycles. The number of aryl methyl sites for hydroxylation is 1. The second-order valence-corrected chi connectivity index (χ2v) is 6.64. The van der Waals surface area contributed by atoms with Gasteiger partial charge < -0.3 is 15.0 Å². The molecule has 0 radical (unpaired) electrons. The zero-order chi connectivity index (χ0) is 15.9. The highest BCUT2D eigenvalue weighted by molar-refractivity contribution is 5.77. The van der Waals surface area contributed by atoms with Crippen LogP contribution in [0.15, 0.2) is 24.3 Å². The van der Waals surface area contributed by atoms with Crippen LogP contribution in [0.4, 0.5) is 0 Å². The highest BCUT2D eigenvalue weighted by Gasteiger charge is 2.21. The monoisotopic (exact) mass is 304 g/mol. The number of carbonyl (C=O) groups is 1. The maximum Gasteiger partial charge on any atom is 0.258 e. The minimum absolute atomic E-state index is 0.0251. The van der Waals surface area contributed by atoms with Crippen LogP contribution in [0.5, 0.6) is 5.75 Å². The van der Waals surface area contributed by atoms with Crippen LogP contribution in [0.2, 0.25) is 0 Å². The first-order valence-electron chi connectivity index (χ1n) is 8.24. The van der Waals surface area contributed by atoms with E-state index in [4.69, 9.17) is 4.74 Å². The molecule has 1 N–H and O–H groups in total. The van der Waals surface area contributed by atoms with Gasteiger partial charge in [-0.2, -0.15) is 0 Å². The first-order valence-corrected chi connectivity index (χ1v) is 8.24. The molecule has 1 aromatic rings. The van der Waals surface area contributed by atoms with Gasteiger partial charge in [-0.05, 0) is 37.8 Å². The number of carbonyl (C=O) groups excluding carboxylic acids is 1. The fourth-order valence-corrected chi connectivity index (χ4v) is 2.83. The first-order chi connectivity index (χ1) is 10.5. The number of rotatable bonds is 6. The summed E-state index contributed by atoms with van der Waals surface area (Å²) in [7, 11) is 0. The number of hydrogen-bond acceptors (Lipinski definition) is 3. The number of ether oxygens (including phenoxy) is 1. The Kier molecular flexibility index (Phi) is 6.25. The van der Waals surface area contributed by atoms with Crippen LogP contribution in [0.25, 0.3) is 0 Å². The number of likely N-dealkylation sites (tertiary alicyclic amines) is 1. The Morgan fingerprint density at radius 3 is 2.50 bits per heavy atom. The van der Waals surface area contributed by atoms with Crippen molar-refractivity contribution in [3.8, 4) is 5.75 Å². The lowest BCUT2D eigenvalue weighted by atomic mass is 10.0. The molecule has 1 fully saturated rings. The third kappa shape index (κ3) is 5.68. The smallest absolute Gasteiger partial charge is 0.258 e. The summed E-state index contributed by atoms with van der Waals surface area (Å²) in [5.74, 6) is 1.42. The Labute approximate surface area is 133 Å². The predicted octanol–water partition coefficient (Wildman–Crippen LogP) is 2.61. The van der Waals surface area contributed by atoms with Gasteiger partial charge in [0.25, 0.3) is 5.91 Å². The van der Waals surface area contributed by atoms with Gasteiger partial charge in [-0.3, -0.25) is 4.79 Å². The lowest BCUT2D eigenvalue weighted by Gasteiger charge is -2.33. The van der Waals surface area contributed by atoms with Crippen LogP contribution in [0, 0.1) is 12.8 Å². The van der Waals surface area contributed by atoms with Gasteiger partial charge in [-0.15, -0.1) is 0 Å². The number of nitrogens with zero attached hydrogens (tertiary/aromatic N) is 1. The summed E-state index contributed by atoms with van der Waals surface area (Å²) >= 11 is 0. The molecule has 1 heterocycles. The summed E-state index contributed by atoms with van der Waals surface area (Å²) in [6, 6.07) is 8.05. The average Bonchev–Trinajstić information content (AvgIpc) is 2.48. The van der Waals surface area contributed by atoms with Crippen LogP contribution in [0.1, 0.15) is 32.3 Å². The van der Waals surface area contributed by atoms with Gasteiger partial charge in [0, 0.05) is 25.7 Å². The van der Waals surface area contributed by atoms with Crippen LogP contribution < -0.4 is 10.1 Å². The van der Waals surface area contributed by atoms with Crippen LogP contribution >= 0.6 is 0 Å². The molecule has 0 aromatic heterocycles. The van der Waals surface area contributed by atoms with E-state index in [9.17, 15) is 4.79 Å². The van der Waals surface area contributed by atoms with E-state index in [1.807, 2.05) is 31.2 Å². The molecular formula is C18H28N2O2. The minimum Gasteiger partial charge on any atom is -0.484 e. The summed E-state index contributed by atoms with van der Waals surface area (Å²) < 4.78 is 5.52. The normalized spacial score (nSPS) is 16.7. The van der Waals surface area contributed by atoms with Gasteiger partial charge in [-0.1, -0.05) is 31.5 Å². The van der Waals surface area contributed by atoms with Crippen LogP contribution in [-0.4, -0.2) is 43.1 Å². The lowest BCUT2D eigenvalue weighted by molar-refractivity contribution is -0.124. The van der Waals surface area contributed by atoms with Crippen LogP contribution in [-0.2, 0) is 4.79 Å². The van der Waals surface area contributed by atoms with E-state index in [0.717, 1.165) is 38.2 Å². The molecule has 22 heavy (non-hydrogen) atoms. The molecule has 1 amide bonds. The number of benzene rings is 1. The number of amides is 1. The largest absolute Gasteiger partial charge is 0.484 e. The summed E-state index contributed by atoms with van der Waals surface area (Å²) in [5, 5.41) is 3.08. The molecule has 1 aliphatic heterocycles. The average molecular weight is 304 g/mol. The maximum absolute atomic E-state index is 12.0. The Morgan fingerprint density at radius 2 is 1.91 bits per heavy atom. The first kappa shape index (κ1) is 16.8. The predicted molar refractivity (Wildman–Crippen MR) is 89.1 cm³/mol. The number of piperidine rings is 1. The number of hydrogen-bond donors (Lipinski definition) is 1. The standard InChI is InChI=1S/C18H28N2O2/c1-14(2)12-20-10-8-16(9-11-20)19-18(21)13-22-17-6-4-15(3)5-7-17/h4-7,14,16H,8-13H2,1-3H3,(H,19,21). The molecule has 2 rings (SSSR count). The van der Waals surface area contributed by atoms with Crippen LogP contribution in [0.3, 0.4) is 0 Å². The molecule has 0 saturated carbocycles. The third-order valence-corrected chi connectivity index (χ3v) is 3.97. The minimum atomic E-state index is -0.0251. The van der Waals surface area contributed by atoms with E-state index in [1.54, 1.807) is 0 Å². The summed E-state index contributed by atoms with van der Waals surface area (Å²) in [5.41, 5.74) is 1.19. The van der Waals surface area contributed by atoms with Crippen molar-refractivity contribution in [2.24, 2.45) is 5.92 Å². The van der Waals surface area contributed by atoms with Crippen molar-refractivity contribution < 1.29 is 9.53 Å². The van der Waals surface area contributed by atoms with Gasteiger partial charge in [0.1, 0.15) is 5.75 Å². The van der Waals surface area contributed by atoms with Crippen molar-refractivity contribution in [2.45, 2.75) is 39.7 Å². The highest BCUT2D eigenvalue weighted by atomic mass is 16.5. The summed E-state index contributed by atoms with van der Waals surface area (Å²) in [6.07, 6.45) is 2.06. The van der Waals surface area contributed by atoms with Gasteiger partial charge in [-0.25, -0.2) is 0 Å². The Bertz CT molecular complexity index is 462.